The summed E-state index contributed by atoms with van der Waals surface area (Å²) in [6, 6.07) is 0. The molecule has 0 aromatic heterocycles. The average Bonchev–Trinajstić information content (AvgIpc) is 2.48. The van der Waals surface area contributed by atoms with Crippen molar-refractivity contribution in [1.82, 2.24) is 0 Å². The van der Waals surface area contributed by atoms with Crippen molar-refractivity contribution in [2.24, 2.45) is 0 Å². The van der Waals surface area contributed by atoms with Gasteiger partial charge >= 0.3 is 0 Å². The number of hydrogen-bond acceptors (Lipinski definition) is 1. The molecule has 0 N–H and O–H groups in total. The lowest BCUT2D eigenvalue weighted by atomic mass is 9.55. The smallest absolute Gasteiger partial charge is 0.159 e. The molecule has 0 bridgehead atoms. The largest absolute Gasteiger partial charge is 0.373 e. The minimum absolute atomic E-state index is 0.556. The Morgan fingerprint density at radius 2 is 2.33 bits per heavy atom. The van der Waals surface area contributed by atoms with E-state index in [1.807, 2.05) is 0 Å². The maximum Gasteiger partial charge on any atom is 0.159 e. The summed E-state index contributed by atoms with van der Waals surface area (Å²) in [5.41, 5.74) is 0. The van der Waals surface area contributed by atoms with Gasteiger partial charge in [-0.25, -0.2) is 0 Å². The van der Waals surface area contributed by atoms with Crippen LogP contribution in [0.1, 0.15) is 6.42 Å². The minimum atomic E-state index is 0.556. The van der Waals surface area contributed by atoms with E-state index in [0.29, 0.717) is 12.8 Å². The highest BCUT2D eigenvalue weighted by Crippen LogP contribution is 2.13. The molecule has 9 heavy (non-hydrogen) atoms. The Kier molecular flexibility index (Phi) is 2.34. The topological polar surface area (TPSA) is 12.5 Å². The van der Waals surface area contributed by atoms with Crippen LogP contribution in [0.2, 0.25) is 13.6 Å². The number of epoxide rings is 1. The maximum absolute atomic E-state index is 5.04. The zero-order valence-corrected chi connectivity index (χ0v) is 6.13. The predicted octanol–water partition coefficient (Wildman–Crippen LogP) is 1.63. The molecule has 0 saturated carbocycles. The molecule has 1 heterocycles. The van der Waals surface area contributed by atoms with E-state index in [1.165, 1.54) is 0 Å². The third-order valence-electron chi connectivity index (χ3n) is 1.32. The standard InChI is InChI=1S/C7H13BO/c1-8(2)5-3-4-7-6-9-7/h3,5,7H,4,6H2,1-2H3/b5-3+. The van der Waals surface area contributed by atoms with E-state index in [-0.39, 0.29) is 0 Å². The van der Waals surface area contributed by atoms with Crippen LogP contribution in [0.25, 0.3) is 0 Å². The average molecular weight is 124 g/mol. The van der Waals surface area contributed by atoms with Crippen molar-refractivity contribution in [1.29, 1.82) is 0 Å². The Morgan fingerprint density at radius 3 is 2.78 bits per heavy atom. The molecule has 2 heteroatoms. The second kappa shape index (κ2) is 3.07. The monoisotopic (exact) mass is 124 g/mol. The Bertz CT molecular complexity index is 105. The van der Waals surface area contributed by atoms with Gasteiger partial charge in [0.2, 0.25) is 0 Å². The van der Waals surface area contributed by atoms with E-state index in [1.54, 1.807) is 0 Å². The second-order valence-electron chi connectivity index (χ2n) is 2.86. The highest BCUT2D eigenvalue weighted by Gasteiger charge is 2.19. The Hall–Kier alpha value is -0.235. The van der Waals surface area contributed by atoms with Gasteiger partial charge in [0.1, 0.15) is 0 Å². The zero-order valence-electron chi connectivity index (χ0n) is 6.13. The Morgan fingerprint density at radius 1 is 1.67 bits per heavy atom. The van der Waals surface area contributed by atoms with E-state index in [0.717, 1.165) is 13.0 Å². The molecule has 1 unspecified atom stereocenters. The molecule has 1 nitrogen and oxygen atoms in total. The van der Waals surface area contributed by atoms with Gasteiger partial charge in [-0.05, 0) is 6.42 Å². The molecular formula is C7H13BO. The molecule has 0 amide bonds. The van der Waals surface area contributed by atoms with Crippen LogP contribution in [0.4, 0.5) is 0 Å². The highest BCUT2D eigenvalue weighted by atomic mass is 16.6. The molecule has 1 atom stereocenters. The summed E-state index contributed by atoms with van der Waals surface area (Å²) in [7, 11) is 0. The summed E-state index contributed by atoms with van der Waals surface area (Å²) in [4.78, 5) is 0. The lowest BCUT2D eigenvalue weighted by Crippen LogP contribution is -1.92. The number of rotatable bonds is 3. The normalized spacial score (nSPS) is 24.9. The van der Waals surface area contributed by atoms with E-state index >= 15 is 0 Å². The summed E-state index contributed by atoms with van der Waals surface area (Å²) >= 11 is 0. The van der Waals surface area contributed by atoms with Crippen LogP contribution in [0.15, 0.2) is 12.1 Å². The van der Waals surface area contributed by atoms with Crippen molar-refractivity contribution < 1.29 is 4.74 Å². The van der Waals surface area contributed by atoms with Crippen LogP contribution in [0, 0.1) is 0 Å². The molecule has 0 aromatic rings. The highest BCUT2D eigenvalue weighted by molar-refractivity contribution is 6.61. The molecule has 1 rings (SSSR count). The van der Waals surface area contributed by atoms with Crippen molar-refractivity contribution >= 4 is 6.71 Å². The van der Waals surface area contributed by atoms with Gasteiger partial charge in [0.15, 0.2) is 6.71 Å². The summed E-state index contributed by atoms with van der Waals surface area (Å²) in [6.07, 6.45) is 3.88. The van der Waals surface area contributed by atoms with Gasteiger partial charge in [0.05, 0.1) is 12.7 Å². The molecule has 0 aliphatic carbocycles. The molecule has 0 aromatic carbocycles. The first-order chi connectivity index (χ1) is 4.29. The third kappa shape index (κ3) is 3.36. The molecule has 1 aliphatic heterocycles. The van der Waals surface area contributed by atoms with Gasteiger partial charge in [-0.3, -0.25) is 0 Å². The van der Waals surface area contributed by atoms with Crippen molar-refractivity contribution in [3.8, 4) is 0 Å². The number of ether oxygens (including phenoxy) is 1. The molecule has 0 radical (unpaired) electrons. The van der Waals surface area contributed by atoms with Crippen LogP contribution in [0.5, 0.6) is 0 Å². The van der Waals surface area contributed by atoms with Crippen molar-refractivity contribution in [3.05, 3.63) is 12.1 Å². The molecule has 1 aliphatic rings. The van der Waals surface area contributed by atoms with Crippen LogP contribution < -0.4 is 0 Å². The first kappa shape index (κ1) is 6.88. The van der Waals surface area contributed by atoms with Gasteiger partial charge in [-0.2, -0.15) is 0 Å². The summed E-state index contributed by atoms with van der Waals surface area (Å²) in [5, 5.41) is 0. The van der Waals surface area contributed by atoms with Crippen LogP contribution >= 0.6 is 0 Å². The van der Waals surface area contributed by atoms with Gasteiger partial charge in [0, 0.05) is 0 Å². The molecule has 1 fully saturated rings. The zero-order chi connectivity index (χ0) is 6.69. The molecular weight excluding hydrogens is 111 g/mol. The van der Waals surface area contributed by atoms with Crippen LogP contribution in [-0.4, -0.2) is 19.4 Å². The first-order valence-corrected chi connectivity index (χ1v) is 3.57. The third-order valence-corrected chi connectivity index (χ3v) is 1.32. The summed E-state index contributed by atoms with van der Waals surface area (Å²) < 4.78 is 5.04. The Labute approximate surface area is 57.2 Å². The lowest BCUT2D eigenvalue weighted by molar-refractivity contribution is 0.410. The molecule has 0 spiro atoms. The van der Waals surface area contributed by atoms with Crippen LogP contribution in [0.3, 0.4) is 0 Å². The van der Waals surface area contributed by atoms with Gasteiger partial charge in [-0.15, -0.1) is 5.98 Å². The fraction of sp³-hybridized carbons (Fsp3) is 0.714. The van der Waals surface area contributed by atoms with E-state index < -0.39 is 0 Å². The fourth-order valence-electron chi connectivity index (χ4n) is 0.707. The molecule has 50 valence electrons. The van der Waals surface area contributed by atoms with Crippen molar-refractivity contribution in [2.45, 2.75) is 26.2 Å². The minimum Gasteiger partial charge on any atom is -0.373 e. The van der Waals surface area contributed by atoms with E-state index in [9.17, 15) is 0 Å². The van der Waals surface area contributed by atoms with E-state index in [4.69, 9.17) is 4.74 Å². The maximum atomic E-state index is 5.04. The quantitative estimate of drug-likeness (QED) is 0.411. The summed E-state index contributed by atoms with van der Waals surface area (Å²) in [6.45, 7) is 6.03. The SMILES string of the molecule is CB(C)/C=C/CC1CO1. The Balaban J connectivity index is 2.01. The predicted molar refractivity (Wildman–Crippen MR) is 41.0 cm³/mol. The van der Waals surface area contributed by atoms with Crippen molar-refractivity contribution in [3.63, 3.8) is 0 Å². The fourth-order valence-corrected chi connectivity index (χ4v) is 0.707. The van der Waals surface area contributed by atoms with Crippen molar-refractivity contribution in [2.75, 3.05) is 6.61 Å². The first-order valence-electron chi connectivity index (χ1n) is 3.57. The van der Waals surface area contributed by atoms with Gasteiger partial charge in [-0.1, -0.05) is 19.7 Å². The van der Waals surface area contributed by atoms with E-state index in [2.05, 4.69) is 25.7 Å². The number of hydrogen-bond donors (Lipinski definition) is 0. The molecule has 1 saturated heterocycles. The van der Waals surface area contributed by atoms with Crippen LogP contribution in [-0.2, 0) is 4.74 Å². The van der Waals surface area contributed by atoms with Gasteiger partial charge < -0.3 is 4.74 Å². The summed E-state index contributed by atoms with van der Waals surface area (Å²) in [5.74, 6) is 2.22. The lowest BCUT2D eigenvalue weighted by Gasteiger charge is -1.86. The second-order valence-corrected chi connectivity index (χ2v) is 2.86. The van der Waals surface area contributed by atoms with Gasteiger partial charge in [0.25, 0.3) is 0 Å².